The van der Waals surface area contributed by atoms with Gasteiger partial charge >= 0.3 is 0 Å². The molecule has 0 spiro atoms. The number of sulfonamides is 1. The topological polar surface area (TPSA) is 103 Å². The molecule has 1 saturated heterocycles. The van der Waals surface area contributed by atoms with Gasteiger partial charge in [0.05, 0.1) is 18.1 Å². The van der Waals surface area contributed by atoms with Crippen molar-refractivity contribution in [2.75, 3.05) is 11.4 Å². The molecule has 1 aliphatic heterocycles. The van der Waals surface area contributed by atoms with Gasteiger partial charge in [0.1, 0.15) is 6.04 Å². The van der Waals surface area contributed by atoms with Gasteiger partial charge in [-0.25, -0.2) is 35.5 Å². The number of nitrogens with one attached hydrogen (secondary N) is 1. The van der Waals surface area contributed by atoms with Crippen LogP contribution in [0, 0.1) is 29.1 Å². The minimum absolute atomic E-state index is 0.0428. The molecule has 1 aliphatic carbocycles. The molecule has 1 amide bonds. The zero-order chi connectivity index (χ0) is 32.0. The third-order valence-corrected chi connectivity index (χ3v) is 10.5. The van der Waals surface area contributed by atoms with E-state index in [-0.39, 0.29) is 30.6 Å². The van der Waals surface area contributed by atoms with Crippen molar-refractivity contribution in [2.24, 2.45) is 0 Å². The maximum atomic E-state index is 14.6. The van der Waals surface area contributed by atoms with Crippen LogP contribution in [0.2, 0.25) is 0 Å². The van der Waals surface area contributed by atoms with E-state index in [2.05, 4.69) is 10.2 Å². The van der Waals surface area contributed by atoms with Crippen LogP contribution in [0.4, 0.5) is 27.6 Å². The van der Waals surface area contributed by atoms with Crippen molar-refractivity contribution in [3.63, 3.8) is 0 Å². The Morgan fingerprint density at radius 2 is 1.53 bits per heavy atom. The molecule has 1 saturated carbocycles. The van der Waals surface area contributed by atoms with Crippen LogP contribution >= 0.6 is 0 Å². The van der Waals surface area contributed by atoms with Crippen LogP contribution in [0.15, 0.2) is 58.4 Å². The van der Waals surface area contributed by atoms with Gasteiger partial charge in [-0.1, -0.05) is 43.5 Å². The summed E-state index contributed by atoms with van der Waals surface area (Å²) in [7, 11) is -5.33. The van der Waals surface area contributed by atoms with E-state index in [1.807, 2.05) is 24.3 Å². The van der Waals surface area contributed by atoms with Crippen molar-refractivity contribution in [3.05, 3.63) is 99.2 Å². The van der Waals surface area contributed by atoms with Gasteiger partial charge in [-0.3, -0.25) is 9.59 Å². The summed E-state index contributed by atoms with van der Waals surface area (Å²) in [5.74, 6) is -12.7. The molecule has 1 unspecified atom stereocenters. The number of rotatable bonds is 7. The van der Waals surface area contributed by atoms with Crippen LogP contribution in [0.1, 0.15) is 55.6 Å². The Kier molecular flexibility index (Phi) is 8.20. The highest BCUT2D eigenvalue weighted by molar-refractivity contribution is 7.89. The van der Waals surface area contributed by atoms with Gasteiger partial charge in [-0.05, 0) is 54.5 Å². The maximum absolute atomic E-state index is 14.6. The summed E-state index contributed by atoms with van der Waals surface area (Å²) < 4.78 is 97.6. The Morgan fingerprint density at radius 3 is 2.16 bits per heavy atom. The molecule has 14 heteroatoms. The van der Waals surface area contributed by atoms with E-state index in [0.717, 1.165) is 25.7 Å². The van der Waals surface area contributed by atoms with E-state index in [0.29, 0.717) is 21.2 Å². The quantitative estimate of drug-likeness (QED) is 0.159. The molecule has 1 N–H and O–H groups in total. The van der Waals surface area contributed by atoms with Gasteiger partial charge in [0.2, 0.25) is 21.7 Å². The van der Waals surface area contributed by atoms with Crippen LogP contribution in [0.3, 0.4) is 0 Å². The average Bonchev–Trinajstić information content (AvgIpc) is 3.01. The van der Waals surface area contributed by atoms with Crippen molar-refractivity contribution in [3.8, 4) is 0 Å². The number of carbonyl (C=O) groups is 1. The predicted molar refractivity (Wildman–Crippen MR) is 154 cm³/mol. The molecule has 1 atom stereocenters. The number of anilines is 1. The standard InChI is InChI=1S/C31H27F5N4O4S/c32-24-25(33)27(35)29(28(36)26(24)34)45(43,44)40-13-12-23(40)31(42)39(21-10-11-22-20(14-21)15-37-38-30(22)41)16-17-6-8-19(9-7-17)18-4-2-1-3-5-18/h6-11,14-15,18,23H,1-5,12-13,16H2,(H,38,41). The number of carbonyl (C=O) groups excluding carboxylic acids is 1. The molecular weight excluding hydrogens is 619 g/mol. The minimum atomic E-state index is -5.33. The number of fused-ring (bicyclic) bond motifs is 1. The molecule has 8 nitrogen and oxygen atoms in total. The predicted octanol–water partition coefficient (Wildman–Crippen LogP) is 5.66. The Hall–Kier alpha value is -4.17. The van der Waals surface area contributed by atoms with Crippen LogP contribution in [0.25, 0.3) is 10.8 Å². The highest BCUT2D eigenvalue weighted by Gasteiger charge is 2.48. The number of H-pyrrole nitrogens is 1. The first-order valence-corrected chi connectivity index (χ1v) is 15.8. The summed E-state index contributed by atoms with van der Waals surface area (Å²) in [5, 5.41) is 6.78. The molecule has 1 aromatic heterocycles. The van der Waals surface area contributed by atoms with E-state index >= 15 is 0 Å². The number of hydrogen-bond donors (Lipinski definition) is 1. The van der Waals surface area contributed by atoms with Gasteiger partial charge in [0, 0.05) is 17.6 Å². The largest absolute Gasteiger partial charge is 0.307 e. The first-order chi connectivity index (χ1) is 21.5. The number of amides is 1. The lowest BCUT2D eigenvalue weighted by molar-refractivity contribution is -0.125. The van der Waals surface area contributed by atoms with Gasteiger partial charge in [0.15, 0.2) is 28.2 Å². The summed E-state index contributed by atoms with van der Waals surface area (Å²) in [4.78, 5) is 25.5. The summed E-state index contributed by atoms with van der Waals surface area (Å²) in [5.41, 5.74) is 1.68. The molecule has 0 radical (unpaired) electrons. The molecule has 2 heterocycles. The molecule has 4 aromatic rings. The molecule has 2 fully saturated rings. The Bertz CT molecular complexity index is 1930. The highest BCUT2D eigenvalue weighted by Crippen LogP contribution is 2.36. The first-order valence-electron chi connectivity index (χ1n) is 14.4. The van der Waals surface area contributed by atoms with Crippen molar-refractivity contribution in [1.82, 2.24) is 14.5 Å². The van der Waals surface area contributed by atoms with E-state index in [1.165, 1.54) is 41.3 Å². The monoisotopic (exact) mass is 646 g/mol. The van der Waals surface area contributed by atoms with Crippen LogP contribution in [-0.2, 0) is 21.4 Å². The summed E-state index contributed by atoms with van der Waals surface area (Å²) in [6.45, 7) is -0.433. The van der Waals surface area contributed by atoms with E-state index < -0.39 is 61.5 Å². The first kappa shape index (κ1) is 30.8. The Morgan fingerprint density at radius 1 is 0.889 bits per heavy atom. The highest BCUT2D eigenvalue weighted by atomic mass is 32.2. The normalized spacial score (nSPS) is 17.8. The third kappa shape index (κ3) is 5.50. The average molecular weight is 647 g/mol. The molecule has 236 valence electrons. The Labute approximate surface area is 254 Å². The van der Waals surface area contributed by atoms with Crippen LogP contribution in [-0.4, -0.2) is 41.4 Å². The molecule has 45 heavy (non-hydrogen) atoms. The SMILES string of the molecule is O=C(C1CCN1S(=O)(=O)c1c(F)c(F)c(F)c(F)c1F)N(Cc1ccc(C2CCCCC2)cc1)c1ccc2c(=O)[nH]ncc2c1. The molecule has 3 aromatic carbocycles. The van der Waals surface area contributed by atoms with Crippen molar-refractivity contribution < 1.29 is 35.2 Å². The van der Waals surface area contributed by atoms with E-state index in [4.69, 9.17) is 0 Å². The fraction of sp³-hybridized carbons (Fsp3) is 0.323. The number of aromatic nitrogens is 2. The number of halogens is 5. The van der Waals surface area contributed by atoms with Gasteiger partial charge in [-0.2, -0.15) is 9.40 Å². The van der Waals surface area contributed by atoms with Crippen molar-refractivity contribution >= 4 is 32.4 Å². The zero-order valence-electron chi connectivity index (χ0n) is 23.7. The summed E-state index contributed by atoms with van der Waals surface area (Å²) in [6, 6.07) is 10.7. The van der Waals surface area contributed by atoms with Crippen molar-refractivity contribution in [2.45, 2.75) is 61.9 Å². The number of hydrogen-bond acceptors (Lipinski definition) is 5. The lowest BCUT2D eigenvalue weighted by Gasteiger charge is -2.41. The molecule has 0 bridgehead atoms. The maximum Gasteiger partial charge on any atom is 0.272 e. The zero-order valence-corrected chi connectivity index (χ0v) is 24.5. The van der Waals surface area contributed by atoms with Crippen LogP contribution < -0.4 is 10.5 Å². The van der Waals surface area contributed by atoms with E-state index in [9.17, 15) is 40.0 Å². The van der Waals surface area contributed by atoms with Crippen LogP contribution in [0.5, 0.6) is 0 Å². The fourth-order valence-electron chi connectivity index (χ4n) is 6.07. The van der Waals surface area contributed by atoms with Gasteiger partial charge in [0.25, 0.3) is 5.56 Å². The van der Waals surface area contributed by atoms with Gasteiger partial charge in [-0.15, -0.1) is 0 Å². The number of nitrogens with zero attached hydrogens (tertiary/aromatic N) is 3. The minimum Gasteiger partial charge on any atom is -0.307 e. The summed E-state index contributed by atoms with van der Waals surface area (Å²) >= 11 is 0. The second-order valence-electron chi connectivity index (χ2n) is 11.3. The Balaban J connectivity index is 1.35. The molecule has 2 aliphatic rings. The lowest BCUT2D eigenvalue weighted by atomic mass is 9.84. The number of benzene rings is 3. The molecular formula is C31H27F5N4O4S. The number of aromatic amines is 1. The third-order valence-electron chi connectivity index (χ3n) is 8.62. The molecule has 6 rings (SSSR count). The smallest absolute Gasteiger partial charge is 0.272 e. The second kappa shape index (κ2) is 12.0. The van der Waals surface area contributed by atoms with Crippen molar-refractivity contribution in [1.29, 1.82) is 0 Å². The van der Waals surface area contributed by atoms with E-state index in [1.54, 1.807) is 0 Å². The lowest BCUT2D eigenvalue weighted by Crippen LogP contribution is -2.59. The fourth-order valence-corrected chi connectivity index (χ4v) is 7.81. The second-order valence-corrected chi connectivity index (χ2v) is 13.1. The van der Waals surface area contributed by atoms with Gasteiger partial charge < -0.3 is 4.90 Å². The summed E-state index contributed by atoms with van der Waals surface area (Å²) in [6.07, 6.45) is 6.99.